The molecule has 1 atom stereocenters. The highest BCUT2D eigenvalue weighted by molar-refractivity contribution is 5.85. The maximum absolute atomic E-state index is 11.9. The first-order valence-corrected chi connectivity index (χ1v) is 7.46. The topological polar surface area (TPSA) is 44.4 Å². The SMILES string of the molecule is CN(CCNC(=O)[C@@H]1CCCNC1)C1CCCC1.Cl.Cl. The zero-order valence-electron chi connectivity index (χ0n) is 12.4. The molecular weight excluding hydrogens is 297 g/mol. The summed E-state index contributed by atoms with van der Waals surface area (Å²) in [6.45, 7) is 3.69. The van der Waals surface area contributed by atoms with E-state index in [1.165, 1.54) is 25.7 Å². The average Bonchev–Trinajstić information content (AvgIpc) is 2.93. The van der Waals surface area contributed by atoms with E-state index in [0.717, 1.165) is 45.1 Å². The van der Waals surface area contributed by atoms with Crippen molar-refractivity contribution in [3.05, 3.63) is 0 Å². The van der Waals surface area contributed by atoms with Crippen LogP contribution in [0.25, 0.3) is 0 Å². The Morgan fingerprint density at radius 2 is 1.90 bits per heavy atom. The Bertz CT molecular complexity index is 267. The Kier molecular flexibility index (Phi) is 10.6. The molecule has 1 saturated carbocycles. The van der Waals surface area contributed by atoms with Gasteiger partial charge in [0.25, 0.3) is 0 Å². The van der Waals surface area contributed by atoms with Gasteiger partial charge in [0.2, 0.25) is 5.91 Å². The molecule has 1 amide bonds. The summed E-state index contributed by atoms with van der Waals surface area (Å²) in [6, 6.07) is 0.748. The fraction of sp³-hybridized carbons (Fsp3) is 0.929. The van der Waals surface area contributed by atoms with Crippen LogP contribution in [0.3, 0.4) is 0 Å². The van der Waals surface area contributed by atoms with Gasteiger partial charge in [0.1, 0.15) is 0 Å². The number of likely N-dealkylation sites (N-methyl/N-ethyl adjacent to an activating group) is 1. The number of hydrogen-bond acceptors (Lipinski definition) is 3. The fourth-order valence-electron chi connectivity index (χ4n) is 3.10. The van der Waals surface area contributed by atoms with E-state index in [1.807, 2.05) is 0 Å². The quantitative estimate of drug-likeness (QED) is 0.810. The summed E-state index contributed by atoms with van der Waals surface area (Å²) < 4.78 is 0. The molecule has 2 N–H and O–H groups in total. The van der Waals surface area contributed by atoms with Crippen LogP contribution in [-0.2, 0) is 4.79 Å². The van der Waals surface area contributed by atoms with Gasteiger partial charge in [-0.2, -0.15) is 0 Å². The van der Waals surface area contributed by atoms with Crippen LogP contribution in [-0.4, -0.2) is 50.1 Å². The van der Waals surface area contributed by atoms with Gasteiger partial charge in [-0.05, 0) is 39.3 Å². The molecule has 120 valence electrons. The second kappa shape index (κ2) is 10.7. The third-order valence-corrected chi connectivity index (χ3v) is 4.38. The maximum atomic E-state index is 11.9. The number of hydrogen-bond donors (Lipinski definition) is 2. The molecule has 1 aliphatic heterocycles. The molecule has 6 heteroatoms. The van der Waals surface area contributed by atoms with Crippen molar-refractivity contribution >= 4 is 30.7 Å². The molecule has 1 heterocycles. The standard InChI is InChI=1S/C14H27N3O.2ClH/c1-17(13-6-2-3-7-13)10-9-16-14(18)12-5-4-8-15-11-12;;/h12-13,15H,2-11H2,1H3,(H,16,18);2*1H/t12-;;/m1../s1. The third-order valence-electron chi connectivity index (χ3n) is 4.38. The lowest BCUT2D eigenvalue weighted by Crippen LogP contribution is -2.43. The number of rotatable bonds is 5. The van der Waals surface area contributed by atoms with Crippen LogP contribution in [0.1, 0.15) is 38.5 Å². The van der Waals surface area contributed by atoms with Crippen LogP contribution in [0.15, 0.2) is 0 Å². The monoisotopic (exact) mass is 325 g/mol. The molecule has 0 aromatic heterocycles. The molecule has 0 spiro atoms. The first-order valence-electron chi connectivity index (χ1n) is 7.46. The highest BCUT2D eigenvalue weighted by Crippen LogP contribution is 2.21. The van der Waals surface area contributed by atoms with Crippen LogP contribution in [0.4, 0.5) is 0 Å². The molecule has 1 saturated heterocycles. The van der Waals surface area contributed by atoms with E-state index < -0.39 is 0 Å². The Labute approximate surface area is 135 Å². The molecule has 2 aliphatic rings. The third kappa shape index (κ3) is 6.17. The molecule has 20 heavy (non-hydrogen) atoms. The number of carbonyl (C=O) groups is 1. The van der Waals surface area contributed by atoms with Crippen molar-refractivity contribution in [3.8, 4) is 0 Å². The minimum atomic E-state index is 0. The predicted octanol–water partition coefficient (Wildman–Crippen LogP) is 1.82. The van der Waals surface area contributed by atoms with Gasteiger partial charge < -0.3 is 15.5 Å². The summed E-state index contributed by atoms with van der Waals surface area (Å²) in [5.41, 5.74) is 0. The Morgan fingerprint density at radius 3 is 2.50 bits per heavy atom. The molecular formula is C14H29Cl2N3O. The van der Waals surface area contributed by atoms with Gasteiger partial charge in [0.15, 0.2) is 0 Å². The van der Waals surface area contributed by atoms with E-state index in [0.29, 0.717) is 0 Å². The molecule has 0 bridgehead atoms. The second-order valence-electron chi connectivity index (χ2n) is 5.75. The van der Waals surface area contributed by atoms with Gasteiger partial charge in [-0.15, -0.1) is 24.8 Å². The van der Waals surface area contributed by atoms with Gasteiger partial charge in [-0.25, -0.2) is 0 Å². The van der Waals surface area contributed by atoms with Crippen molar-refractivity contribution in [2.45, 2.75) is 44.6 Å². The van der Waals surface area contributed by atoms with Gasteiger partial charge in [0.05, 0.1) is 5.92 Å². The van der Waals surface area contributed by atoms with Gasteiger partial charge in [-0.1, -0.05) is 12.8 Å². The highest BCUT2D eigenvalue weighted by atomic mass is 35.5. The lowest BCUT2D eigenvalue weighted by molar-refractivity contribution is -0.125. The molecule has 2 fully saturated rings. The number of nitrogens with one attached hydrogen (secondary N) is 2. The molecule has 2 rings (SSSR count). The largest absolute Gasteiger partial charge is 0.355 e. The van der Waals surface area contributed by atoms with E-state index in [-0.39, 0.29) is 36.6 Å². The summed E-state index contributed by atoms with van der Waals surface area (Å²) >= 11 is 0. The summed E-state index contributed by atoms with van der Waals surface area (Å²) in [4.78, 5) is 14.3. The van der Waals surface area contributed by atoms with E-state index in [9.17, 15) is 4.79 Å². The second-order valence-corrected chi connectivity index (χ2v) is 5.75. The zero-order valence-corrected chi connectivity index (χ0v) is 14.0. The van der Waals surface area contributed by atoms with Gasteiger partial charge >= 0.3 is 0 Å². The van der Waals surface area contributed by atoms with Crippen LogP contribution in [0.5, 0.6) is 0 Å². The molecule has 4 nitrogen and oxygen atoms in total. The van der Waals surface area contributed by atoms with E-state index >= 15 is 0 Å². The van der Waals surface area contributed by atoms with Crippen molar-refractivity contribution in [3.63, 3.8) is 0 Å². The van der Waals surface area contributed by atoms with E-state index in [2.05, 4.69) is 22.6 Å². The minimum absolute atomic E-state index is 0. The minimum Gasteiger partial charge on any atom is -0.355 e. The smallest absolute Gasteiger partial charge is 0.224 e. The summed E-state index contributed by atoms with van der Waals surface area (Å²) in [7, 11) is 2.18. The molecule has 0 aromatic rings. The number of nitrogens with zero attached hydrogens (tertiary/aromatic N) is 1. The summed E-state index contributed by atoms with van der Waals surface area (Å²) in [6.07, 6.45) is 7.57. The zero-order chi connectivity index (χ0) is 12.8. The van der Waals surface area contributed by atoms with E-state index in [1.54, 1.807) is 0 Å². The van der Waals surface area contributed by atoms with Gasteiger partial charge in [0, 0.05) is 25.7 Å². The Balaban J connectivity index is 0.00000180. The van der Waals surface area contributed by atoms with Crippen molar-refractivity contribution in [1.82, 2.24) is 15.5 Å². The average molecular weight is 326 g/mol. The molecule has 0 aromatic carbocycles. The van der Waals surface area contributed by atoms with Crippen LogP contribution < -0.4 is 10.6 Å². The number of halogens is 2. The molecule has 0 unspecified atom stereocenters. The fourth-order valence-corrected chi connectivity index (χ4v) is 3.10. The summed E-state index contributed by atoms with van der Waals surface area (Å²) in [5, 5.41) is 6.37. The van der Waals surface area contributed by atoms with Crippen molar-refractivity contribution in [2.24, 2.45) is 5.92 Å². The van der Waals surface area contributed by atoms with Crippen molar-refractivity contribution in [2.75, 3.05) is 33.2 Å². The predicted molar refractivity (Wildman–Crippen MR) is 88.0 cm³/mol. The molecule has 0 radical (unpaired) electrons. The maximum Gasteiger partial charge on any atom is 0.224 e. The lowest BCUT2D eigenvalue weighted by atomic mass is 9.99. The number of piperidine rings is 1. The van der Waals surface area contributed by atoms with Crippen LogP contribution >= 0.6 is 24.8 Å². The normalized spacial score (nSPS) is 23.0. The Hall–Kier alpha value is -0.0300. The van der Waals surface area contributed by atoms with Crippen LogP contribution in [0.2, 0.25) is 0 Å². The lowest BCUT2D eigenvalue weighted by Gasteiger charge is -2.25. The number of carbonyl (C=O) groups excluding carboxylic acids is 1. The summed E-state index contributed by atoms with van der Waals surface area (Å²) in [5.74, 6) is 0.428. The first kappa shape index (κ1) is 20.0. The van der Waals surface area contributed by atoms with Crippen molar-refractivity contribution < 1.29 is 4.79 Å². The first-order chi connectivity index (χ1) is 8.77. The van der Waals surface area contributed by atoms with Crippen molar-refractivity contribution in [1.29, 1.82) is 0 Å². The highest BCUT2D eigenvalue weighted by Gasteiger charge is 2.22. The number of amides is 1. The van der Waals surface area contributed by atoms with E-state index in [4.69, 9.17) is 0 Å². The Morgan fingerprint density at radius 1 is 1.20 bits per heavy atom. The molecule has 1 aliphatic carbocycles. The van der Waals surface area contributed by atoms with Gasteiger partial charge in [-0.3, -0.25) is 4.79 Å². The van der Waals surface area contributed by atoms with Crippen LogP contribution in [0, 0.1) is 5.92 Å².